The Balaban J connectivity index is 2.22. The number of carbonyl (C=O) groups is 2. The Morgan fingerprint density at radius 1 is 1.04 bits per heavy atom. The van der Waals surface area contributed by atoms with Crippen molar-refractivity contribution in [2.24, 2.45) is 5.73 Å². The number of rotatable bonds is 6. The van der Waals surface area contributed by atoms with E-state index in [1.54, 1.807) is 6.07 Å². The predicted molar refractivity (Wildman–Crippen MR) is 93.2 cm³/mol. The van der Waals surface area contributed by atoms with Gasteiger partial charge >= 0.3 is 5.97 Å². The van der Waals surface area contributed by atoms with Crippen molar-refractivity contribution in [3.8, 4) is 6.07 Å². The fraction of sp³-hybridized carbons (Fsp3) is 0.150. The van der Waals surface area contributed by atoms with E-state index >= 15 is 0 Å². The number of hydrogen-bond donors (Lipinski definition) is 1. The SMILES string of the molecule is C/C(N)=C(\C#N)C(=O)COC(=O)C(c1ccccc1)c1ccccc1. The summed E-state index contributed by atoms with van der Waals surface area (Å²) in [6, 6.07) is 20.1. The summed E-state index contributed by atoms with van der Waals surface area (Å²) in [6.45, 7) is 0.932. The average molecular weight is 334 g/mol. The van der Waals surface area contributed by atoms with E-state index in [1.807, 2.05) is 60.7 Å². The maximum absolute atomic E-state index is 12.6. The minimum Gasteiger partial charge on any atom is -0.457 e. The topological polar surface area (TPSA) is 93.2 Å². The quantitative estimate of drug-likeness (QED) is 0.498. The first-order chi connectivity index (χ1) is 12.0. The molecule has 0 aromatic heterocycles. The number of ether oxygens (including phenoxy) is 1. The molecule has 5 nitrogen and oxygen atoms in total. The van der Waals surface area contributed by atoms with E-state index < -0.39 is 24.3 Å². The molecule has 25 heavy (non-hydrogen) atoms. The van der Waals surface area contributed by atoms with Crippen LogP contribution in [-0.2, 0) is 14.3 Å². The predicted octanol–water partition coefficient (Wildman–Crippen LogP) is 2.69. The van der Waals surface area contributed by atoms with Gasteiger partial charge in [0, 0.05) is 5.70 Å². The Bertz CT molecular complexity index is 778. The molecule has 0 bridgehead atoms. The molecule has 126 valence electrons. The lowest BCUT2D eigenvalue weighted by molar-refractivity contribution is -0.147. The smallest absolute Gasteiger partial charge is 0.318 e. The van der Waals surface area contributed by atoms with Gasteiger partial charge in [0.25, 0.3) is 0 Å². The van der Waals surface area contributed by atoms with Crippen LogP contribution in [0.5, 0.6) is 0 Å². The van der Waals surface area contributed by atoms with Crippen molar-refractivity contribution in [2.45, 2.75) is 12.8 Å². The Labute approximate surface area is 146 Å². The summed E-state index contributed by atoms with van der Waals surface area (Å²) in [5, 5.41) is 8.95. The molecule has 2 rings (SSSR count). The number of ketones is 1. The molecule has 5 heteroatoms. The first-order valence-corrected chi connectivity index (χ1v) is 7.70. The zero-order valence-electron chi connectivity index (χ0n) is 13.8. The number of esters is 1. The van der Waals surface area contributed by atoms with Gasteiger partial charge in [-0.3, -0.25) is 9.59 Å². The molecule has 0 saturated carbocycles. The minimum atomic E-state index is -0.649. The van der Waals surface area contributed by atoms with Crippen LogP contribution >= 0.6 is 0 Å². The van der Waals surface area contributed by atoms with Gasteiger partial charge in [-0.25, -0.2) is 0 Å². The van der Waals surface area contributed by atoms with Crippen LogP contribution in [0.15, 0.2) is 71.9 Å². The van der Waals surface area contributed by atoms with Crippen LogP contribution in [0.25, 0.3) is 0 Å². The summed E-state index contributed by atoms with van der Waals surface area (Å²) in [7, 11) is 0. The Morgan fingerprint density at radius 3 is 1.92 bits per heavy atom. The summed E-state index contributed by atoms with van der Waals surface area (Å²) in [5.74, 6) is -1.82. The number of hydrogen-bond acceptors (Lipinski definition) is 5. The van der Waals surface area contributed by atoms with Crippen LogP contribution in [0.1, 0.15) is 24.0 Å². The standard InChI is InChI=1S/C20H18N2O3/c1-14(22)17(12-21)18(23)13-25-20(24)19(15-8-4-2-5-9-15)16-10-6-3-7-11-16/h2-11,19H,13,22H2,1H3/b17-14-. The van der Waals surface area contributed by atoms with Gasteiger partial charge in [0.05, 0.1) is 0 Å². The van der Waals surface area contributed by atoms with Gasteiger partial charge in [0.15, 0.2) is 6.61 Å². The van der Waals surface area contributed by atoms with Crippen LogP contribution < -0.4 is 5.73 Å². The van der Waals surface area contributed by atoms with Crippen molar-refractivity contribution in [3.05, 3.63) is 83.1 Å². The molecule has 2 N–H and O–H groups in total. The Morgan fingerprint density at radius 2 is 1.52 bits per heavy atom. The van der Waals surface area contributed by atoms with E-state index in [0.717, 1.165) is 11.1 Å². The first kappa shape index (κ1) is 18.0. The third-order valence-electron chi connectivity index (χ3n) is 3.63. The van der Waals surface area contributed by atoms with Gasteiger partial charge in [-0.2, -0.15) is 5.26 Å². The van der Waals surface area contributed by atoms with Crippen LogP contribution in [0.2, 0.25) is 0 Å². The van der Waals surface area contributed by atoms with Crippen molar-refractivity contribution in [1.29, 1.82) is 5.26 Å². The van der Waals surface area contributed by atoms with E-state index in [1.165, 1.54) is 6.92 Å². The molecule has 0 saturated heterocycles. The maximum atomic E-state index is 12.6. The number of benzene rings is 2. The fourth-order valence-electron chi connectivity index (χ4n) is 2.42. The van der Waals surface area contributed by atoms with E-state index in [9.17, 15) is 9.59 Å². The van der Waals surface area contributed by atoms with Crippen molar-refractivity contribution < 1.29 is 14.3 Å². The highest BCUT2D eigenvalue weighted by molar-refractivity contribution is 6.01. The third-order valence-corrected chi connectivity index (χ3v) is 3.63. The van der Waals surface area contributed by atoms with Gasteiger partial charge in [-0.05, 0) is 18.1 Å². The molecule has 0 aliphatic carbocycles. The zero-order valence-corrected chi connectivity index (χ0v) is 13.8. The second-order valence-corrected chi connectivity index (χ2v) is 5.46. The first-order valence-electron chi connectivity index (χ1n) is 7.70. The third kappa shape index (κ3) is 4.55. The van der Waals surface area contributed by atoms with E-state index in [-0.39, 0.29) is 11.3 Å². The average Bonchev–Trinajstić information content (AvgIpc) is 2.62. The Kier molecular flexibility index (Phi) is 6.08. The monoisotopic (exact) mass is 334 g/mol. The molecule has 0 spiro atoms. The summed E-state index contributed by atoms with van der Waals surface area (Å²) in [6.07, 6.45) is 0. The van der Waals surface area contributed by atoms with Gasteiger partial charge < -0.3 is 10.5 Å². The number of Topliss-reactive ketones (excluding diaryl/α,β-unsaturated/α-hetero) is 1. The number of allylic oxidation sites excluding steroid dienone is 1. The highest BCUT2D eigenvalue weighted by atomic mass is 16.5. The maximum Gasteiger partial charge on any atom is 0.318 e. The molecule has 0 amide bonds. The van der Waals surface area contributed by atoms with Gasteiger partial charge in [-0.15, -0.1) is 0 Å². The van der Waals surface area contributed by atoms with Crippen LogP contribution in [0, 0.1) is 11.3 Å². The molecule has 0 aliphatic rings. The largest absolute Gasteiger partial charge is 0.457 e. The lowest BCUT2D eigenvalue weighted by Crippen LogP contribution is -2.22. The molecule has 0 unspecified atom stereocenters. The molecule has 0 atom stereocenters. The van der Waals surface area contributed by atoms with E-state index in [4.69, 9.17) is 15.7 Å². The van der Waals surface area contributed by atoms with Crippen molar-refractivity contribution >= 4 is 11.8 Å². The van der Waals surface area contributed by atoms with Crippen LogP contribution in [0.3, 0.4) is 0 Å². The molecule has 0 radical (unpaired) electrons. The Hall–Kier alpha value is -3.39. The lowest BCUT2D eigenvalue weighted by Gasteiger charge is -2.16. The molecule has 2 aromatic rings. The summed E-state index contributed by atoms with van der Waals surface area (Å²) in [4.78, 5) is 24.6. The molecular formula is C20H18N2O3. The summed E-state index contributed by atoms with van der Waals surface area (Å²) < 4.78 is 5.18. The molecule has 0 heterocycles. The van der Waals surface area contributed by atoms with Crippen LogP contribution in [0.4, 0.5) is 0 Å². The lowest BCUT2D eigenvalue weighted by atomic mass is 9.91. The molecular weight excluding hydrogens is 316 g/mol. The second kappa shape index (κ2) is 8.46. The number of nitrogens with zero attached hydrogens (tertiary/aromatic N) is 1. The normalized spacial score (nSPS) is 11.4. The van der Waals surface area contributed by atoms with E-state index in [2.05, 4.69) is 0 Å². The second-order valence-electron chi connectivity index (χ2n) is 5.46. The molecule has 0 aliphatic heterocycles. The van der Waals surface area contributed by atoms with Gasteiger partial charge in [0.2, 0.25) is 5.78 Å². The summed E-state index contributed by atoms with van der Waals surface area (Å²) in [5.41, 5.74) is 6.93. The zero-order chi connectivity index (χ0) is 18.2. The van der Waals surface area contributed by atoms with Crippen molar-refractivity contribution in [2.75, 3.05) is 6.61 Å². The summed E-state index contributed by atoms with van der Waals surface area (Å²) >= 11 is 0. The van der Waals surface area contributed by atoms with E-state index in [0.29, 0.717) is 0 Å². The van der Waals surface area contributed by atoms with Crippen LogP contribution in [-0.4, -0.2) is 18.4 Å². The molecule has 0 fully saturated rings. The number of nitriles is 1. The fourth-order valence-corrected chi connectivity index (χ4v) is 2.42. The van der Waals surface area contributed by atoms with Gasteiger partial charge in [-0.1, -0.05) is 60.7 Å². The number of carbonyl (C=O) groups excluding carboxylic acids is 2. The highest BCUT2D eigenvalue weighted by Crippen LogP contribution is 2.26. The van der Waals surface area contributed by atoms with Crippen molar-refractivity contribution in [1.82, 2.24) is 0 Å². The van der Waals surface area contributed by atoms with Gasteiger partial charge in [0.1, 0.15) is 17.6 Å². The minimum absolute atomic E-state index is 0.103. The molecule has 2 aromatic carbocycles. The van der Waals surface area contributed by atoms with Crippen molar-refractivity contribution in [3.63, 3.8) is 0 Å². The highest BCUT2D eigenvalue weighted by Gasteiger charge is 2.25. The number of nitrogens with two attached hydrogens (primary N) is 1.